The number of methoxy groups -OCH3 is 1. The smallest absolute Gasteiger partial charge is 0.321 e. The summed E-state index contributed by atoms with van der Waals surface area (Å²) >= 11 is 3.52. The fraction of sp³-hybridized carbons (Fsp3) is 0.500. The van der Waals surface area contributed by atoms with Gasteiger partial charge in [-0.25, -0.2) is 4.79 Å². The molecule has 2 saturated heterocycles. The molecule has 2 N–H and O–H groups in total. The summed E-state index contributed by atoms with van der Waals surface area (Å²) in [6.07, 6.45) is 0.991. The molecule has 2 fully saturated rings. The van der Waals surface area contributed by atoms with Crippen LogP contribution in [0.25, 0.3) is 0 Å². The molecule has 34 heavy (non-hydrogen) atoms. The Kier molecular flexibility index (Phi) is 8.14. The molecule has 4 rings (SSSR count). The standard InChI is InChI=1S/C26H35BrN4O3/c1-29(2)14-18-12-13-31-23(25(24(31)17-32)19-4-6-20(27)7-5-19)16-30(15-18)26(33)28-21-8-10-22(34-3)11-9-21/h4-11,18,23-25,32H,12-17H2,1-3H3,(H,28,33)/t18?,23?,24-,25?/m1/s1. The molecule has 0 bridgehead atoms. The Bertz CT molecular complexity index is 954. The summed E-state index contributed by atoms with van der Waals surface area (Å²) < 4.78 is 6.27. The molecule has 0 aromatic heterocycles. The summed E-state index contributed by atoms with van der Waals surface area (Å²) in [6.45, 7) is 3.32. The Hall–Kier alpha value is -2.13. The minimum Gasteiger partial charge on any atom is -0.497 e. The zero-order chi connectivity index (χ0) is 24.2. The third kappa shape index (κ3) is 5.57. The largest absolute Gasteiger partial charge is 0.497 e. The van der Waals surface area contributed by atoms with Crippen LogP contribution in [0, 0.1) is 5.92 Å². The van der Waals surface area contributed by atoms with Gasteiger partial charge in [0.1, 0.15) is 5.75 Å². The van der Waals surface area contributed by atoms with Crippen molar-refractivity contribution in [1.29, 1.82) is 0 Å². The topological polar surface area (TPSA) is 68.3 Å². The van der Waals surface area contributed by atoms with Crippen molar-refractivity contribution in [2.45, 2.75) is 24.4 Å². The number of carbonyl (C=O) groups is 1. The highest BCUT2D eigenvalue weighted by Gasteiger charge is 2.50. The number of halogens is 1. The van der Waals surface area contributed by atoms with Gasteiger partial charge in [-0.05, 0) is 74.9 Å². The summed E-state index contributed by atoms with van der Waals surface area (Å²) in [5.41, 5.74) is 1.96. The maximum atomic E-state index is 13.4. The molecular weight excluding hydrogens is 496 g/mol. The van der Waals surface area contributed by atoms with Gasteiger partial charge in [0, 0.05) is 47.8 Å². The maximum Gasteiger partial charge on any atom is 0.321 e. The molecule has 0 saturated carbocycles. The summed E-state index contributed by atoms with van der Waals surface area (Å²) in [6, 6.07) is 16.0. The van der Waals surface area contributed by atoms with Crippen LogP contribution in [0.1, 0.15) is 17.9 Å². The number of aliphatic hydroxyl groups excluding tert-OH is 1. The Labute approximate surface area is 210 Å². The second kappa shape index (κ2) is 11.1. The van der Waals surface area contributed by atoms with Gasteiger partial charge in [0.15, 0.2) is 0 Å². The average molecular weight is 531 g/mol. The number of hydrogen-bond donors (Lipinski definition) is 2. The van der Waals surface area contributed by atoms with Crippen molar-refractivity contribution in [2.75, 3.05) is 59.3 Å². The van der Waals surface area contributed by atoms with Crippen LogP contribution in [-0.4, -0.2) is 91.9 Å². The van der Waals surface area contributed by atoms with E-state index in [1.54, 1.807) is 7.11 Å². The highest BCUT2D eigenvalue weighted by Crippen LogP contribution is 2.42. The van der Waals surface area contributed by atoms with Crippen molar-refractivity contribution in [3.63, 3.8) is 0 Å². The fourth-order valence-corrected chi connectivity index (χ4v) is 5.72. The zero-order valence-electron chi connectivity index (χ0n) is 20.2. The van der Waals surface area contributed by atoms with E-state index in [9.17, 15) is 9.90 Å². The lowest BCUT2D eigenvalue weighted by Crippen LogP contribution is -2.68. The van der Waals surface area contributed by atoms with Gasteiger partial charge in [-0.1, -0.05) is 28.1 Å². The first-order chi connectivity index (χ1) is 16.4. The van der Waals surface area contributed by atoms with E-state index in [-0.39, 0.29) is 30.6 Å². The first-order valence-electron chi connectivity index (χ1n) is 11.9. The van der Waals surface area contributed by atoms with Crippen molar-refractivity contribution in [3.05, 3.63) is 58.6 Å². The quantitative estimate of drug-likeness (QED) is 0.595. The number of ether oxygens (including phenoxy) is 1. The van der Waals surface area contributed by atoms with E-state index in [0.29, 0.717) is 19.0 Å². The molecule has 2 heterocycles. The van der Waals surface area contributed by atoms with Gasteiger partial charge in [0.2, 0.25) is 0 Å². The van der Waals surface area contributed by atoms with Crippen molar-refractivity contribution >= 4 is 27.6 Å². The number of rotatable bonds is 6. The third-order valence-electron chi connectivity index (χ3n) is 7.06. The van der Waals surface area contributed by atoms with Crippen molar-refractivity contribution in [2.24, 2.45) is 5.92 Å². The summed E-state index contributed by atoms with van der Waals surface area (Å²) in [4.78, 5) is 20.0. The number of anilines is 1. The zero-order valence-corrected chi connectivity index (χ0v) is 21.7. The predicted octanol–water partition coefficient (Wildman–Crippen LogP) is 3.70. The van der Waals surface area contributed by atoms with Gasteiger partial charge in [-0.2, -0.15) is 0 Å². The number of fused-ring (bicyclic) bond motifs is 1. The molecule has 0 aliphatic carbocycles. The number of nitrogens with zero attached hydrogens (tertiary/aromatic N) is 3. The Morgan fingerprint density at radius 2 is 1.85 bits per heavy atom. The highest BCUT2D eigenvalue weighted by atomic mass is 79.9. The molecule has 2 amide bonds. The Morgan fingerprint density at radius 1 is 1.15 bits per heavy atom. The lowest BCUT2D eigenvalue weighted by molar-refractivity contribution is -0.0649. The first-order valence-corrected chi connectivity index (χ1v) is 12.7. The van der Waals surface area contributed by atoms with Crippen LogP contribution < -0.4 is 10.1 Å². The molecule has 2 aliphatic rings. The minimum atomic E-state index is -0.0854. The molecule has 0 radical (unpaired) electrons. The van der Waals surface area contributed by atoms with Crippen LogP contribution in [0.5, 0.6) is 5.75 Å². The lowest BCUT2D eigenvalue weighted by atomic mass is 9.74. The van der Waals surface area contributed by atoms with Gasteiger partial charge in [-0.15, -0.1) is 0 Å². The van der Waals surface area contributed by atoms with Crippen LogP contribution in [0.3, 0.4) is 0 Å². The number of urea groups is 1. The molecule has 184 valence electrons. The van der Waals surface area contributed by atoms with Crippen molar-refractivity contribution < 1.29 is 14.6 Å². The van der Waals surface area contributed by atoms with E-state index in [1.807, 2.05) is 29.2 Å². The van der Waals surface area contributed by atoms with Crippen LogP contribution in [0.4, 0.5) is 10.5 Å². The van der Waals surface area contributed by atoms with Gasteiger partial charge in [-0.3, -0.25) is 4.90 Å². The maximum absolute atomic E-state index is 13.4. The van der Waals surface area contributed by atoms with Crippen LogP contribution in [0.2, 0.25) is 0 Å². The number of amides is 2. The normalized spacial score (nSPS) is 25.2. The lowest BCUT2D eigenvalue weighted by Gasteiger charge is -2.57. The van der Waals surface area contributed by atoms with Gasteiger partial charge >= 0.3 is 6.03 Å². The van der Waals surface area contributed by atoms with Gasteiger partial charge < -0.3 is 25.0 Å². The van der Waals surface area contributed by atoms with E-state index in [2.05, 4.69) is 69.4 Å². The van der Waals surface area contributed by atoms with E-state index in [0.717, 1.165) is 35.4 Å². The molecule has 3 unspecified atom stereocenters. The van der Waals surface area contributed by atoms with E-state index in [4.69, 9.17) is 4.74 Å². The molecule has 2 aromatic carbocycles. The molecule has 2 aliphatic heterocycles. The van der Waals surface area contributed by atoms with Crippen LogP contribution >= 0.6 is 15.9 Å². The van der Waals surface area contributed by atoms with E-state index in [1.165, 1.54) is 5.56 Å². The van der Waals surface area contributed by atoms with Gasteiger partial charge in [0.05, 0.1) is 13.7 Å². The minimum absolute atomic E-state index is 0.0794. The van der Waals surface area contributed by atoms with Crippen LogP contribution in [0.15, 0.2) is 53.0 Å². The van der Waals surface area contributed by atoms with Gasteiger partial charge in [0.25, 0.3) is 0 Å². The average Bonchev–Trinajstić information content (AvgIpc) is 2.80. The molecule has 8 heteroatoms. The first kappa shape index (κ1) is 25.0. The monoisotopic (exact) mass is 530 g/mol. The number of aliphatic hydroxyl groups is 1. The Balaban J connectivity index is 1.56. The third-order valence-corrected chi connectivity index (χ3v) is 7.59. The second-order valence-electron chi connectivity index (χ2n) is 9.61. The summed E-state index contributed by atoms with van der Waals surface area (Å²) in [5, 5.41) is 13.3. The molecular formula is C26H35BrN4O3. The summed E-state index contributed by atoms with van der Waals surface area (Å²) in [7, 11) is 5.78. The molecule has 4 atom stereocenters. The highest BCUT2D eigenvalue weighted by molar-refractivity contribution is 9.10. The van der Waals surface area contributed by atoms with Crippen LogP contribution in [-0.2, 0) is 0 Å². The van der Waals surface area contributed by atoms with Crippen molar-refractivity contribution in [1.82, 2.24) is 14.7 Å². The Morgan fingerprint density at radius 3 is 2.47 bits per heavy atom. The van der Waals surface area contributed by atoms with E-state index >= 15 is 0 Å². The SMILES string of the molecule is COc1ccc(NC(=O)N2CC(CN(C)C)CCN3C(C2)C(c2ccc(Br)cc2)[C@H]3CO)cc1. The molecule has 0 spiro atoms. The number of nitrogens with one attached hydrogen (secondary N) is 1. The predicted molar refractivity (Wildman–Crippen MR) is 138 cm³/mol. The van der Waals surface area contributed by atoms with Crippen molar-refractivity contribution in [3.8, 4) is 5.75 Å². The summed E-state index contributed by atoms with van der Waals surface area (Å²) in [5.74, 6) is 1.32. The molecule has 2 aromatic rings. The molecule has 7 nitrogen and oxygen atoms in total. The number of hydrogen-bond acceptors (Lipinski definition) is 5. The number of carbonyl (C=O) groups excluding carboxylic acids is 1. The van der Waals surface area contributed by atoms with E-state index < -0.39 is 0 Å². The fourth-order valence-electron chi connectivity index (χ4n) is 5.45. The second-order valence-corrected chi connectivity index (χ2v) is 10.5. The number of benzene rings is 2.